The second-order valence-corrected chi connectivity index (χ2v) is 7.59. The highest BCUT2D eigenvalue weighted by Gasteiger charge is 2.44. The van der Waals surface area contributed by atoms with E-state index in [4.69, 9.17) is 4.74 Å². The third-order valence-electron chi connectivity index (χ3n) is 4.93. The summed E-state index contributed by atoms with van der Waals surface area (Å²) < 4.78 is 7.27. The molecule has 3 atom stereocenters. The van der Waals surface area contributed by atoms with E-state index >= 15 is 0 Å². The number of fused-ring (bicyclic) bond motifs is 1. The van der Waals surface area contributed by atoms with E-state index < -0.39 is 28.9 Å². The number of nitriles is 1. The van der Waals surface area contributed by atoms with Crippen LogP contribution in [0.5, 0.6) is 5.75 Å². The van der Waals surface area contributed by atoms with Crippen LogP contribution in [-0.4, -0.2) is 32.6 Å². The molecule has 0 fully saturated rings. The standard InChI is InChI=1S/C20H21N3O6/c1-12(29-23(26)27)8-14-5-7-17(24)22(11-14)18-15-9-13(10-21)4-6-16(15)28-20(2,3)19(18)25/h4-7,9,11-12,18-19,25H,8H2,1-3H3/t12?,18-,19+/m1/s1. The Balaban J connectivity index is 2.09. The molecule has 0 aliphatic carbocycles. The van der Waals surface area contributed by atoms with Crippen molar-refractivity contribution in [3.05, 3.63) is 73.7 Å². The monoisotopic (exact) mass is 399 g/mol. The van der Waals surface area contributed by atoms with Gasteiger partial charge in [-0.1, -0.05) is 6.07 Å². The fraction of sp³-hybridized carbons (Fsp3) is 0.400. The van der Waals surface area contributed by atoms with E-state index in [2.05, 4.69) is 10.9 Å². The first-order valence-electron chi connectivity index (χ1n) is 9.05. The molecule has 2 heterocycles. The first-order chi connectivity index (χ1) is 13.6. The number of hydrogen-bond acceptors (Lipinski definition) is 7. The van der Waals surface area contributed by atoms with Crippen LogP contribution in [0.4, 0.5) is 0 Å². The Kier molecular flexibility index (Phi) is 5.31. The molecule has 0 bridgehead atoms. The van der Waals surface area contributed by atoms with Gasteiger partial charge in [-0.05, 0) is 44.5 Å². The van der Waals surface area contributed by atoms with Gasteiger partial charge in [0.05, 0.1) is 17.7 Å². The van der Waals surface area contributed by atoms with Crippen LogP contribution in [0.15, 0.2) is 41.3 Å². The number of nitrogens with zero attached hydrogens (tertiary/aromatic N) is 3. The molecule has 1 unspecified atom stereocenters. The number of aromatic nitrogens is 1. The Bertz CT molecular complexity index is 1040. The summed E-state index contributed by atoms with van der Waals surface area (Å²) in [6.07, 6.45) is -0.0243. The molecule has 9 nitrogen and oxygen atoms in total. The minimum atomic E-state index is -1.08. The highest BCUT2D eigenvalue weighted by atomic mass is 17.0. The van der Waals surface area contributed by atoms with Gasteiger partial charge in [-0.25, -0.2) is 0 Å². The lowest BCUT2D eigenvalue weighted by Crippen LogP contribution is -2.52. The summed E-state index contributed by atoms with van der Waals surface area (Å²) in [6.45, 7) is 4.99. The highest BCUT2D eigenvalue weighted by Crippen LogP contribution is 2.41. The fourth-order valence-electron chi connectivity index (χ4n) is 3.54. The smallest absolute Gasteiger partial charge is 0.294 e. The summed E-state index contributed by atoms with van der Waals surface area (Å²) in [5.74, 6) is 0.478. The lowest BCUT2D eigenvalue weighted by Gasteiger charge is -2.42. The van der Waals surface area contributed by atoms with Crippen LogP contribution in [-0.2, 0) is 11.3 Å². The number of benzene rings is 1. The maximum absolute atomic E-state index is 12.7. The zero-order valence-electron chi connectivity index (χ0n) is 16.2. The number of ether oxygens (including phenoxy) is 1. The van der Waals surface area contributed by atoms with E-state index in [1.165, 1.54) is 10.6 Å². The number of rotatable bonds is 5. The fourth-order valence-corrected chi connectivity index (χ4v) is 3.54. The molecule has 3 rings (SSSR count). The Morgan fingerprint density at radius 1 is 1.41 bits per heavy atom. The quantitative estimate of drug-likeness (QED) is 0.601. The van der Waals surface area contributed by atoms with Crippen LogP contribution in [0.25, 0.3) is 0 Å². The summed E-state index contributed by atoms with van der Waals surface area (Å²) in [5, 5.41) is 29.9. The van der Waals surface area contributed by atoms with Gasteiger partial charge in [0, 0.05) is 24.2 Å². The van der Waals surface area contributed by atoms with Crippen molar-refractivity contribution >= 4 is 0 Å². The Morgan fingerprint density at radius 3 is 2.79 bits per heavy atom. The molecule has 0 saturated heterocycles. The summed E-state index contributed by atoms with van der Waals surface area (Å²) in [7, 11) is 0. The highest BCUT2D eigenvalue weighted by molar-refractivity contribution is 5.46. The normalized spacial score (nSPS) is 20.7. The van der Waals surface area contributed by atoms with Crippen LogP contribution in [0.3, 0.4) is 0 Å². The zero-order chi connectivity index (χ0) is 21.3. The largest absolute Gasteiger partial charge is 0.485 e. The second-order valence-electron chi connectivity index (χ2n) is 7.59. The van der Waals surface area contributed by atoms with Gasteiger partial charge in [-0.3, -0.25) is 4.79 Å². The summed E-state index contributed by atoms with van der Waals surface area (Å²) in [4.78, 5) is 27.7. The number of aliphatic hydroxyl groups excluding tert-OH is 1. The van der Waals surface area contributed by atoms with E-state index in [0.717, 1.165) is 0 Å². The van der Waals surface area contributed by atoms with E-state index in [0.29, 0.717) is 22.4 Å². The lowest BCUT2D eigenvalue weighted by molar-refractivity contribution is -0.767. The molecule has 0 saturated carbocycles. The third-order valence-corrected chi connectivity index (χ3v) is 4.93. The van der Waals surface area contributed by atoms with E-state index in [9.17, 15) is 25.3 Å². The van der Waals surface area contributed by atoms with Crippen molar-refractivity contribution in [3.8, 4) is 11.8 Å². The van der Waals surface area contributed by atoms with E-state index in [1.807, 2.05) is 0 Å². The SMILES string of the molecule is CC(Cc1ccc(=O)n([C@@H]2c3cc(C#N)ccc3OC(C)(C)[C@H]2O)c1)O[N+](=O)[O-]. The van der Waals surface area contributed by atoms with Crippen LogP contribution >= 0.6 is 0 Å². The molecule has 1 aromatic carbocycles. The Labute approximate surface area is 166 Å². The van der Waals surface area contributed by atoms with Crippen molar-refractivity contribution in [2.75, 3.05) is 0 Å². The van der Waals surface area contributed by atoms with Gasteiger partial charge in [0.15, 0.2) is 0 Å². The van der Waals surface area contributed by atoms with Gasteiger partial charge < -0.3 is 19.2 Å². The first kappa shape index (κ1) is 20.4. The Morgan fingerprint density at radius 2 is 2.14 bits per heavy atom. The van der Waals surface area contributed by atoms with Crippen molar-refractivity contribution in [3.63, 3.8) is 0 Å². The van der Waals surface area contributed by atoms with Gasteiger partial charge in [0.2, 0.25) is 0 Å². The Hall–Kier alpha value is -3.38. The van der Waals surface area contributed by atoms with Crippen molar-refractivity contribution < 1.29 is 19.8 Å². The van der Waals surface area contributed by atoms with Gasteiger partial charge in [-0.15, -0.1) is 10.1 Å². The maximum atomic E-state index is 12.7. The molecule has 29 heavy (non-hydrogen) atoms. The van der Waals surface area contributed by atoms with E-state index in [1.54, 1.807) is 51.2 Å². The van der Waals surface area contributed by atoms with Gasteiger partial charge in [-0.2, -0.15) is 5.26 Å². The van der Waals surface area contributed by atoms with Crippen LogP contribution in [0.2, 0.25) is 0 Å². The predicted octanol–water partition coefficient (Wildman–Crippen LogP) is 1.98. The van der Waals surface area contributed by atoms with Crippen molar-refractivity contribution in [1.82, 2.24) is 4.57 Å². The zero-order valence-corrected chi connectivity index (χ0v) is 16.2. The molecule has 0 radical (unpaired) electrons. The third kappa shape index (κ3) is 4.07. The average molecular weight is 399 g/mol. The lowest BCUT2D eigenvalue weighted by atomic mass is 9.85. The number of hydrogen-bond donors (Lipinski definition) is 1. The molecule has 9 heteroatoms. The van der Waals surface area contributed by atoms with Gasteiger partial charge in [0.25, 0.3) is 10.6 Å². The van der Waals surface area contributed by atoms with Crippen LogP contribution < -0.4 is 10.3 Å². The summed E-state index contributed by atoms with van der Waals surface area (Å²) in [6, 6.07) is 9.03. The molecule has 0 amide bonds. The summed E-state index contributed by atoms with van der Waals surface area (Å²) in [5.41, 5.74) is 0.190. The van der Waals surface area contributed by atoms with Crippen LogP contribution in [0, 0.1) is 21.4 Å². The predicted molar refractivity (Wildman–Crippen MR) is 102 cm³/mol. The maximum Gasteiger partial charge on any atom is 0.294 e. The van der Waals surface area contributed by atoms with Crippen molar-refractivity contribution in [2.45, 2.75) is 51.0 Å². The minimum Gasteiger partial charge on any atom is -0.485 e. The van der Waals surface area contributed by atoms with Crippen molar-refractivity contribution in [2.24, 2.45) is 0 Å². The molecule has 1 aliphatic rings. The van der Waals surface area contributed by atoms with Crippen molar-refractivity contribution in [1.29, 1.82) is 5.26 Å². The van der Waals surface area contributed by atoms with E-state index in [-0.39, 0.29) is 12.0 Å². The molecular weight excluding hydrogens is 378 g/mol. The second kappa shape index (κ2) is 7.56. The van der Waals surface area contributed by atoms with Crippen LogP contribution in [0.1, 0.15) is 43.5 Å². The first-order valence-corrected chi connectivity index (χ1v) is 9.05. The molecule has 152 valence electrons. The molecule has 1 aromatic heterocycles. The molecule has 1 N–H and O–H groups in total. The number of pyridine rings is 1. The van der Waals surface area contributed by atoms with Gasteiger partial charge in [0.1, 0.15) is 23.6 Å². The number of aliphatic hydroxyl groups is 1. The van der Waals surface area contributed by atoms with Gasteiger partial charge >= 0.3 is 0 Å². The summed E-state index contributed by atoms with van der Waals surface area (Å²) >= 11 is 0. The average Bonchev–Trinajstić information content (AvgIpc) is 2.63. The molecule has 1 aliphatic heterocycles. The topological polar surface area (TPSA) is 128 Å². The molecule has 2 aromatic rings. The minimum absolute atomic E-state index is 0.203. The molecule has 0 spiro atoms. The molecular formula is C20H21N3O6.